The van der Waals surface area contributed by atoms with E-state index < -0.39 is 0 Å². The smallest absolute Gasteiger partial charge is 0.139 e. The maximum Gasteiger partial charge on any atom is 0.139 e. The van der Waals surface area contributed by atoms with Crippen LogP contribution in [0.2, 0.25) is 0 Å². The lowest BCUT2D eigenvalue weighted by Crippen LogP contribution is -2.33. The number of carbonyl (C=O) groups is 1. The zero-order valence-corrected chi connectivity index (χ0v) is 11.2. The van der Waals surface area contributed by atoms with Gasteiger partial charge >= 0.3 is 0 Å². The third-order valence-electron chi connectivity index (χ3n) is 5.43. The van der Waals surface area contributed by atoms with Crippen molar-refractivity contribution in [1.29, 1.82) is 0 Å². The van der Waals surface area contributed by atoms with Crippen molar-refractivity contribution in [2.75, 3.05) is 6.61 Å². The second kappa shape index (κ2) is 3.81. The van der Waals surface area contributed by atoms with Crippen LogP contribution in [0.25, 0.3) is 0 Å². The summed E-state index contributed by atoms with van der Waals surface area (Å²) in [6, 6.07) is 0. The van der Waals surface area contributed by atoms with Gasteiger partial charge in [0, 0.05) is 17.8 Å². The Kier molecular flexibility index (Phi) is 2.62. The second-order valence-corrected chi connectivity index (χ2v) is 7.12. The van der Waals surface area contributed by atoms with Gasteiger partial charge in [-0.1, -0.05) is 27.2 Å². The Morgan fingerprint density at radius 3 is 2.82 bits per heavy atom. The fraction of sp³-hybridized carbons (Fsp3) is 0.933. The molecule has 0 amide bonds. The Labute approximate surface area is 104 Å². The standard InChI is InChI=1S/C15H24O2/c1-9-5-4-6-10-8-17-14-12(10)11(13(9)16)7-15(14,2)3/h9-12,14H,4-8H2,1-3H3/t9-,10-,11+,12+,14+/m1/s1. The fourth-order valence-electron chi connectivity index (χ4n) is 4.56. The van der Waals surface area contributed by atoms with E-state index in [2.05, 4.69) is 20.8 Å². The first kappa shape index (κ1) is 11.7. The highest BCUT2D eigenvalue weighted by atomic mass is 16.5. The lowest BCUT2D eigenvalue weighted by Gasteiger charge is -2.28. The molecule has 2 saturated carbocycles. The quantitative estimate of drug-likeness (QED) is 0.646. The maximum atomic E-state index is 12.5. The van der Waals surface area contributed by atoms with E-state index in [0.29, 0.717) is 23.7 Å². The van der Waals surface area contributed by atoms with Gasteiger partial charge in [0.1, 0.15) is 5.78 Å². The topological polar surface area (TPSA) is 26.3 Å². The van der Waals surface area contributed by atoms with Gasteiger partial charge in [0.25, 0.3) is 0 Å². The number of hydrogen-bond acceptors (Lipinski definition) is 2. The lowest BCUT2D eigenvalue weighted by atomic mass is 9.74. The van der Waals surface area contributed by atoms with Crippen molar-refractivity contribution in [3.8, 4) is 0 Å². The van der Waals surface area contributed by atoms with Crippen LogP contribution in [0.3, 0.4) is 0 Å². The minimum atomic E-state index is 0.198. The highest BCUT2D eigenvalue weighted by Gasteiger charge is 2.57. The molecule has 0 N–H and O–H groups in total. The van der Waals surface area contributed by atoms with Crippen LogP contribution in [-0.2, 0) is 9.53 Å². The van der Waals surface area contributed by atoms with E-state index in [4.69, 9.17) is 4.74 Å². The van der Waals surface area contributed by atoms with Crippen LogP contribution in [-0.4, -0.2) is 18.5 Å². The summed E-state index contributed by atoms with van der Waals surface area (Å²) in [5, 5.41) is 0. The van der Waals surface area contributed by atoms with Crippen LogP contribution in [0.15, 0.2) is 0 Å². The molecule has 1 aliphatic heterocycles. The van der Waals surface area contributed by atoms with E-state index in [1.807, 2.05) is 0 Å². The van der Waals surface area contributed by atoms with Gasteiger partial charge < -0.3 is 4.74 Å². The predicted octanol–water partition coefficient (Wildman–Crippen LogP) is 3.05. The van der Waals surface area contributed by atoms with Gasteiger partial charge in [-0.15, -0.1) is 0 Å². The minimum absolute atomic E-state index is 0.198. The largest absolute Gasteiger partial charge is 0.377 e. The van der Waals surface area contributed by atoms with E-state index in [1.54, 1.807) is 0 Å². The number of Topliss-reactive ketones (excluding diaryl/α,β-unsaturated/α-hetero) is 1. The average molecular weight is 236 g/mol. The van der Waals surface area contributed by atoms with E-state index in [1.165, 1.54) is 12.8 Å². The number of ether oxygens (including phenoxy) is 1. The van der Waals surface area contributed by atoms with E-state index in [-0.39, 0.29) is 17.3 Å². The van der Waals surface area contributed by atoms with Gasteiger partial charge in [-0.25, -0.2) is 0 Å². The molecular formula is C15H24O2. The van der Waals surface area contributed by atoms with Crippen LogP contribution >= 0.6 is 0 Å². The first-order valence-corrected chi connectivity index (χ1v) is 7.16. The first-order valence-electron chi connectivity index (χ1n) is 7.16. The van der Waals surface area contributed by atoms with Crippen molar-refractivity contribution in [1.82, 2.24) is 0 Å². The van der Waals surface area contributed by atoms with Crippen molar-refractivity contribution in [2.24, 2.45) is 29.1 Å². The molecule has 0 aromatic rings. The number of ketones is 1. The second-order valence-electron chi connectivity index (χ2n) is 7.12. The van der Waals surface area contributed by atoms with Crippen molar-refractivity contribution in [2.45, 2.75) is 52.6 Å². The molecule has 0 spiro atoms. The summed E-state index contributed by atoms with van der Waals surface area (Å²) in [5.74, 6) is 2.28. The number of carbonyl (C=O) groups excluding carboxylic acids is 1. The van der Waals surface area contributed by atoms with Crippen molar-refractivity contribution in [3.05, 3.63) is 0 Å². The monoisotopic (exact) mass is 236 g/mol. The summed E-state index contributed by atoms with van der Waals surface area (Å²) in [4.78, 5) is 12.5. The molecule has 3 rings (SSSR count). The Morgan fingerprint density at radius 2 is 2.06 bits per heavy atom. The zero-order chi connectivity index (χ0) is 12.2. The summed E-state index contributed by atoms with van der Waals surface area (Å²) in [6.45, 7) is 7.58. The van der Waals surface area contributed by atoms with Gasteiger partial charge in [0.2, 0.25) is 0 Å². The molecule has 1 saturated heterocycles. The summed E-state index contributed by atoms with van der Waals surface area (Å²) in [7, 11) is 0. The summed E-state index contributed by atoms with van der Waals surface area (Å²) < 4.78 is 6.05. The normalized spacial score (nSPS) is 48.6. The van der Waals surface area contributed by atoms with Gasteiger partial charge in [-0.2, -0.15) is 0 Å². The van der Waals surface area contributed by atoms with E-state index in [9.17, 15) is 4.79 Å². The summed E-state index contributed by atoms with van der Waals surface area (Å²) >= 11 is 0. The molecule has 0 aromatic heterocycles. The Bertz CT molecular complexity index is 334. The third-order valence-corrected chi connectivity index (χ3v) is 5.43. The van der Waals surface area contributed by atoms with Crippen molar-refractivity contribution in [3.63, 3.8) is 0 Å². The molecule has 0 radical (unpaired) electrons. The van der Waals surface area contributed by atoms with Gasteiger partial charge in [-0.05, 0) is 30.6 Å². The molecule has 96 valence electrons. The molecule has 2 nitrogen and oxygen atoms in total. The van der Waals surface area contributed by atoms with E-state index >= 15 is 0 Å². The van der Waals surface area contributed by atoms with Crippen LogP contribution in [0, 0.1) is 29.1 Å². The summed E-state index contributed by atoms with van der Waals surface area (Å²) in [6.07, 6.45) is 4.95. The molecule has 3 fully saturated rings. The molecule has 1 heterocycles. The Hall–Kier alpha value is -0.370. The fourth-order valence-corrected chi connectivity index (χ4v) is 4.56. The molecule has 3 aliphatic rings. The predicted molar refractivity (Wildman–Crippen MR) is 66.6 cm³/mol. The summed E-state index contributed by atoms with van der Waals surface area (Å²) in [5.41, 5.74) is 0.198. The van der Waals surface area contributed by atoms with Crippen LogP contribution in [0.5, 0.6) is 0 Å². The molecule has 5 atom stereocenters. The molecule has 0 bridgehead atoms. The highest BCUT2D eigenvalue weighted by molar-refractivity contribution is 5.84. The van der Waals surface area contributed by atoms with Crippen molar-refractivity contribution < 1.29 is 9.53 Å². The number of hydrogen-bond donors (Lipinski definition) is 0. The molecule has 0 unspecified atom stereocenters. The van der Waals surface area contributed by atoms with Crippen LogP contribution in [0.4, 0.5) is 0 Å². The van der Waals surface area contributed by atoms with Crippen LogP contribution in [0.1, 0.15) is 46.5 Å². The first-order chi connectivity index (χ1) is 8.00. The lowest BCUT2D eigenvalue weighted by molar-refractivity contribution is -0.128. The van der Waals surface area contributed by atoms with E-state index in [0.717, 1.165) is 19.4 Å². The number of rotatable bonds is 0. The van der Waals surface area contributed by atoms with Gasteiger partial charge in [0.15, 0.2) is 0 Å². The van der Waals surface area contributed by atoms with Gasteiger partial charge in [0.05, 0.1) is 12.7 Å². The highest BCUT2D eigenvalue weighted by Crippen LogP contribution is 2.55. The third kappa shape index (κ3) is 1.68. The van der Waals surface area contributed by atoms with Crippen LogP contribution < -0.4 is 0 Å². The molecule has 17 heavy (non-hydrogen) atoms. The minimum Gasteiger partial charge on any atom is -0.377 e. The van der Waals surface area contributed by atoms with Crippen molar-refractivity contribution >= 4 is 5.78 Å². The average Bonchev–Trinajstić information content (AvgIpc) is 2.77. The maximum absolute atomic E-state index is 12.5. The molecule has 2 aliphatic carbocycles. The zero-order valence-electron chi connectivity index (χ0n) is 11.2. The molecular weight excluding hydrogens is 212 g/mol. The Balaban J connectivity index is 1.94. The molecule has 0 aromatic carbocycles. The SMILES string of the molecule is C[C@@H]1CCC[C@@H]2CO[C@H]3[C@@H]2[C@H](CC3(C)C)C1=O. The van der Waals surface area contributed by atoms with Gasteiger partial charge in [-0.3, -0.25) is 4.79 Å². The molecule has 2 heteroatoms. The Morgan fingerprint density at radius 1 is 1.29 bits per heavy atom.